The zero-order valence-electron chi connectivity index (χ0n) is 9.59. The van der Waals surface area contributed by atoms with Gasteiger partial charge in [0.15, 0.2) is 0 Å². The van der Waals surface area contributed by atoms with Gasteiger partial charge in [-0.3, -0.25) is 0 Å². The first kappa shape index (κ1) is 10.1. The summed E-state index contributed by atoms with van der Waals surface area (Å²) in [5.41, 5.74) is 2.16. The summed E-state index contributed by atoms with van der Waals surface area (Å²) >= 11 is 0. The highest BCUT2D eigenvalue weighted by atomic mass is 19.1. The first-order chi connectivity index (χ1) is 7.73. The molecule has 1 fully saturated rings. The van der Waals surface area contributed by atoms with E-state index in [1.807, 2.05) is 13.1 Å². The predicted octanol–water partition coefficient (Wildman–Crippen LogP) is 1.94. The lowest BCUT2D eigenvalue weighted by Gasteiger charge is -2.41. The molecule has 3 heteroatoms. The van der Waals surface area contributed by atoms with E-state index in [1.165, 1.54) is 5.56 Å². The number of rotatable bonds is 0. The van der Waals surface area contributed by atoms with Crippen LogP contribution < -0.4 is 10.2 Å². The Morgan fingerprint density at radius 3 is 2.75 bits per heavy atom. The maximum absolute atomic E-state index is 13.8. The van der Waals surface area contributed by atoms with Gasteiger partial charge in [0.1, 0.15) is 5.82 Å². The molecule has 2 aliphatic heterocycles. The molecule has 0 aliphatic carbocycles. The Kier molecular flexibility index (Phi) is 2.18. The molecule has 0 radical (unpaired) electrons. The molecule has 1 N–H and O–H groups in total. The van der Waals surface area contributed by atoms with Crippen LogP contribution in [0.15, 0.2) is 18.2 Å². The van der Waals surface area contributed by atoms with Crippen molar-refractivity contribution in [2.24, 2.45) is 0 Å². The molecule has 0 saturated carbocycles. The van der Waals surface area contributed by atoms with Gasteiger partial charge in [-0.15, -0.1) is 0 Å². The van der Waals surface area contributed by atoms with E-state index in [1.54, 1.807) is 6.07 Å². The molecule has 0 unspecified atom stereocenters. The van der Waals surface area contributed by atoms with Crippen LogP contribution in [0.2, 0.25) is 0 Å². The van der Waals surface area contributed by atoms with Crippen LogP contribution in [-0.2, 0) is 6.42 Å². The minimum atomic E-state index is -0.0737. The summed E-state index contributed by atoms with van der Waals surface area (Å²) in [6.45, 7) is 2.08. The zero-order chi connectivity index (χ0) is 11.2. The van der Waals surface area contributed by atoms with Crippen molar-refractivity contribution in [3.63, 3.8) is 0 Å². The fourth-order valence-electron chi connectivity index (χ4n) is 3.19. The molecule has 0 atom stereocenters. The second-order valence-electron chi connectivity index (χ2n) is 4.96. The molecular formula is C13H17FN2. The Balaban J connectivity index is 2.02. The number of piperidine rings is 1. The number of fused-ring (bicyclic) bond motifs is 1. The topological polar surface area (TPSA) is 15.3 Å². The molecule has 1 saturated heterocycles. The normalized spacial score (nSPS) is 22.5. The average Bonchev–Trinajstić information content (AvgIpc) is 2.55. The van der Waals surface area contributed by atoms with Crippen LogP contribution >= 0.6 is 0 Å². The van der Waals surface area contributed by atoms with E-state index in [4.69, 9.17) is 0 Å². The Bertz CT molecular complexity index is 410. The molecule has 0 amide bonds. The SMILES string of the molecule is CN1c2c(F)cccc2CC12CCNCC2. The molecule has 86 valence electrons. The van der Waals surface area contributed by atoms with Gasteiger partial charge in [0.2, 0.25) is 0 Å². The number of halogens is 1. The van der Waals surface area contributed by atoms with Crippen molar-refractivity contribution >= 4 is 5.69 Å². The van der Waals surface area contributed by atoms with E-state index in [-0.39, 0.29) is 11.4 Å². The molecule has 1 aromatic carbocycles. The Morgan fingerprint density at radius 2 is 2.06 bits per heavy atom. The monoisotopic (exact) mass is 220 g/mol. The number of para-hydroxylation sites is 1. The summed E-state index contributed by atoms with van der Waals surface area (Å²) < 4.78 is 13.8. The number of nitrogens with zero attached hydrogens (tertiary/aromatic N) is 1. The fourth-order valence-corrected chi connectivity index (χ4v) is 3.19. The first-order valence-corrected chi connectivity index (χ1v) is 5.95. The lowest BCUT2D eigenvalue weighted by atomic mass is 9.85. The first-order valence-electron chi connectivity index (χ1n) is 5.95. The van der Waals surface area contributed by atoms with Gasteiger partial charge in [-0.1, -0.05) is 12.1 Å². The van der Waals surface area contributed by atoms with E-state index in [0.717, 1.165) is 38.0 Å². The number of hydrogen-bond donors (Lipinski definition) is 1. The number of hydrogen-bond acceptors (Lipinski definition) is 2. The molecule has 2 nitrogen and oxygen atoms in total. The van der Waals surface area contributed by atoms with E-state index in [2.05, 4.69) is 16.3 Å². The highest BCUT2D eigenvalue weighted by molar-refractivity contribution is 5.62. The van der Waals surface area contributed by atoms with Crippen molar-refractivity contribution in [1.29, 1.82) is 0 Å². The maximum atomic E-state index is 13.8. The van der Waals surface area contributed by atoms with Gasteiger partial charge in [-0.05, 0) is 44.0 Å². The van der Waals surface area contributed by atoms with Crippen molar-refractivity contribution in [3.8, 4) is 0 Å². The van der Waals surface area contributed by atoms with E-state index < -0.39 is 0 Å². The largest absolute Gasteiger partial charge is 0.366 e. The maximum Gasteiger partial charge on any atom is 0.146 e. The summed E-state index contributed by atoms with van der Waals surface area (Å²) in [4.78, 5) is 2.18. The van der Waals surface area contributed by atoms with Crippen LogP contribution in [-0.4, -0.2) is 25.7 Å². The van der Waals surface area contributed by atoms with Crippen LogP contribution in [0.25, 0.3) is 0 Å². The van der Waals surface area contributed by atoms with Gasteiger partial charge in [-0.2, -0.15) is 0 Å². The van der Waals surface area contributed by atoms with Gasteiger partial charge in [0.25, 0.3) is 0 Å². The minimum Gasteiger partial charge on any atom is -0.366 e. The Hall–Kier alpha value is -1.09. The second kappa shape index (κ2) is 3.45. The zero-order valence-corrected chi connectivity index (χ0v) is 9.59. The van der Waals surface area contributed by atoms with Crippen LogP contribution in [0.3, 0.4) is 0 Å². The van der Waals surface area contributed by atoms with Gasteiger partial charge < -0.3 is 10.2 Å². The fraction of sp³-hybridized carbons (Fsp3) is 0.538. The third kappa shape index (κ3) is 1.27. The molecular weight excluding hydrogens is 203 g/mol. The molecule has 2 aliphatic rings. The van der Waals surface area contributed by atoms with Gasteiger partial charge in [0.05, 0.1) is 5.69 Å². The highest BCUT2D eigenvalue weighted by Gasteiger charge is 2.43. The van der Waals surface area contributed by atoms with Crippen molar-refractivity contribution in [1.82, 2.24) is 5.32 Å². The van der Waals surface area contributed by atoms with Crippen LogP contribution in [0.1, 0.15) is 18.4 Å². The Morgan fingerprint density at radius 1 is 1.31 bits per heavy atom. The molecule has 1 spiro atoms. The third-order valence-corrected chi connectivity index (χ3v) is 4.17. The highest BCUT2D eigenvalue weighted by Crippen LogP contribution is 2.43. The lowest BCUT2D eigenvalue weighted by Crippen LogP contribution is -2.51. The number of nitrogens with one attached hydrogen (secondary N) is 1. The van der Waals surface area contributed by atoms with E-state index in [9.17, 15) is 4.39 Å². The quantitative estimate of drug-likeness (QED) is 0.719. The molecule has 1 aromatic rings. The van der Waals surface area contributed by atoms with Gasteiger partial charge in [0, 0.05) is 12.6 Å². The smallest absolute Gasteiger partial charge is 0.146 e. The summed E-state index contributed by atoms with van der Waals surface area (Å²) in [5.74, 6) is -0.0737. The number of likely N-dealkylation sites (N-methyl/N-ethyl adjacent to an activating group) is 1. The molecule has 0 aromatic heterocycles. The van der Waals surface area contributed by atoms with Crippen molar-refractivity contribution in [3.05, 3.63) is 29.6 Å². The molecule has 3 rings (SSSR count). The summed E-state index contributed by atoms with van der Waals surface area (Å²) in [6.07, 6.45) is 3.22. The second-order valence-corrected chi connectivity index (χ2v) is 4.96. The predicted molar refractivity (Wildman–Crippen MR) is 63.3 cm³/mol. The number of benzene rings is 1. The molecule has 2 heterocycles. The molecule has 16 heavy (non-hydrogen) atoms. The van der Waals surface area contributed by atoms with Crippen LogP contribution in [0.5, 0.6) is 0 Å². The van der Waals surface area contributed by atoms with Crippen molar-refractivity contribution in [2.75, 3.05) is 25.0 Å². The number of anilines is 1. The summed E-state index contributed by atoms with van der Waals surface area (Å²) in [5, 5.41) is 3.38. The van der Waals surface area contributed by atoms with Crippen molar-refractivity contribution in [2.45, 2.75) is 24.8 Å². The van der Waals surface area contributed by atoms with Gasteiger partial charge in [-0.25, -0.2) is 4.39 Å². The molecule has 0 bridgehead atoms. The Labute approximate surface area is 95.4 Å². The summed E-state index contributed by atoms with van der Waals surface area (Å²) in [6, 6.07) is 5.45. The minimum absolute atomic E-state index is 0.0737. The van der Waals surface area contributed by atoms with Crippen LogP contribution in [0, 0.1) is 5.82 Å². The summed E-state index contributed by atoms with van der Waals surface area (Å²) in [7, 11) is 2.04. The van der Waals surface area contributed by atoms with Crippen LogP contribution in [0.4, 0.5) is 10.1 Å². The van der Waals surface area contributed by atoms with E-state index in [0.29, 0.717) is 0 Å². The average molecular weight is 220 g/mol. The van der Waals surface area contributed by atoms with Crippen molar-refractivity contribution < 1.29 is 4.39 Å². The lowest BCUT2D eigenvalue weighted by molar-refractivity contribution is 0.309. The third-order valence-electron chi connectivity index (χ3n) is 4.17. The van der Waals surface area contributed by atoms with Gasteiger partial charge >= 0.3 is 0 Å². The standard InChI is InChI=1S/C13H17FN2/c1-16-12-10(3-2-4-11(12)14)9-13(16)5-7-15-8-6-13/h2-4,15H,5-9H2,1H3. The van der Waals surface area contributed by atoms with E-state index >= 15 is 0 Å².